The topological polar surface area (TPSA) is 45.9 Å². The smallest absolute Gasteiger partial charge is 0.289 e. The molecule has 0 spiro atoms. The van der Waals surface area contributed by atoms with Crippen molar-refractivity contribution in [2.75, 3.05) is 19.7 Å². The van der Waals surface area contributed by atoms with E-state index in [4.69, 9.17) is 9.15 Å². The van der Waals surface area contributed by atoms with Gasteiger partial charge in [-0.25, -0.2) is 4.39 Å². The van der Waals surface area contributed by atoms with Crippen molar-refractivity contribution in [2.24, 2.45) is 5.92 Å². The van der Waals surface area contributed by atoms with Crippen molar-refractivity contribution in [3.8, 4) is 5.75 Å². The summed E-state index contributed by atoms with van der Waals surface area (Å²) in [5.74, 6) is 2.31. The van der Waals surface area contributed by atoms with Gasteiger partial charge in [-0.3, -0.25) is 9.69 Å². The van der Waals surface area contributed by atoms with Gasteiger partial charge in [0.25, 0.3) is 5.91 Å². The van der Waals surface area contributed by atoms with Crippen LogP contribution >= 0.6 is 0 Å². The minimum Gasteiger partial charge on any atom is -0.494 e. The molecule has 0 saturated carbocycles. The lowest BCUT2D eigenvalue weighted by molar-refractivity contribution is 0.0660. The third-order valence-electron chi connectivity index (χ3n) is 6.26. The predicted molar refractivity (Wildman–Crippen MR) is 130 cm³/mol. The summed E-state index contributed by atoms with van der Waals surface area (Å²) in [7, 11) is 0. The van der Waals surface area contributed by atoms with Crippen LogP contribution in [0.25, 0.3) is 0 Å². The Balaban J connectivity index is 1.47. The fourth-order valence-corrected chi connectivity index (χ4v) is 4.34. The number of carbonyl (C=O) groups is 1. The first-order valence-corrected chi connectivity index (χ1v) is 12.1. The standard InChI is InChI=1S/C28H33FN2O3/c1-3-33-25-9-7-22(8-10-25)18-30(19-23-5-4-6-24(29)17-23)20-26-11-12-27(34-26)28(32)31-15-13-21(2)14-16-31/h4-12,17,21H,3,13-16,18-20H2,1-2H3. The van der Waals surface area contributed by atoms with Gasteiger partial charge in [0.05, 0.1) is 13.2 Å². The number of rotatable bonds is 9. The summed E-state index contributed by atoms with van der Waals surface area (Å²) < 4.78 is 25.3. The number of likely N-dealkylation sites (tertiary alicyclic amines) is 1. The molecule has 180 valence electrons. The molecule has 1 aliphatic heterocycles. The second-order valence-electron chi connectivity index (χ2n) is 9.09. The van der Waals surface area contributed by atoms with Crippen LogP contribution in [0, 0.1) is 11.7 Å². The summed E-state index contributed by atoms with van der Waals surface area (Å²) in [6.45, 7) is 8.08. The number of amides is 1. The van der Waals surface area contributed by atoms with Gasteiger partial charge in [-0.05, 0) is 73.2 Å². The molecule has 6 heteroatoms. The van der Waals surface area contributed by atoms with Crippen LogP contribution < -0.4 is 4.74 Å². The number of nitrogens with zero attached hydrogens (tertiary/aromatic N) is 2. The van der Waals surface area contributed by atoms with E-state index in [1.54, 1.807) is 18.2 Å². The van der Waals surface area contributed by atoms with Gasteiger partial charge < -0.3 is 14.1 Å². The third-order valence-corrected chi connectivity index (χ3v) is 6.26. The van der Waals surface area contributed by atoms with Crippen LogP contribution in [0.5, 0.6) is 5.75 Å². The van der Waals surface area contributed by atoms with E-state index in [1.165, 1.54) is 6.07 Å². The lowest BCUT2D eigenvalue weighted by atomic mass is 9.99. The molecule has 0 unspecified atom stereocenters. The van der Waals surface area contributed by atoms with Crippen LogP contribution in [-0.4, -0.2) is 35.4 Å². The molecule has 0 radical (unpaired) electrons. The molecule has 2 aromatic carbocycles. The Bertz CT molecular complexity index is 1070. The molecule has 34 heavy (non-hydrogen) atoms. The van der Waals surface area contributed by atoms with Crippen molar-refractivity contribution in [2.45, 2.75) is 46.3 Å². The maximum Gasteiger partial charge on any atom is 0.289 e. The maximum absolute atomic E-state index is 13.8. The van der Waals surface area contributed by atoms with E-state index in [2.05, 4.69) is 11.8 Å². The Morgan fingerprint density at radius 2 is 1.76 bits per heavy atom. The van der Waals surface area contributed by atoms with E-state index in [0.717, 1.165) is 48.6 Å². The number of halogens is 1. The van der Waals surface area contributed by atoms with Crippen molar-refractivity contribution < 1.29 is 18.3 Å². The van der Waals surface area contributed by atoms with Gasteiger partial charge in [0.2, 0.25) is 0 Å². The van der Waals surface area contributed by atoms with Crippen LogP contribution in [0.15, 0.2) is 65.1 Å². The maximum atomic E-state index is 13.8. The van der Waals surface area contributed by atoms with E-state index >= 15 is 0 Å². The first-order chi connectivity index (χ1) is 16.5. The lowest BCUT2D eigenvalue weighted by Gasteiger charge is -2.29. The number of ether oxygens (including phenoxy) is 1. The highest BCUT2D eigenvalue weighted by Gasteiger charge is 2.24. The molecule has 5 nitrogen and oxygen atoms in total. The van der Waals surface area contributed by atoms with Gasteiger partial charge in [-0.15, -0.1) is 0 Å². The number of furan rings is 1. The van der Waals surface area contributed by atoms with Crippen LogP contribution in [0.3, 0.4) is 0 Å². The Morgan fingerprint density at radius 3 is 2.47 bits per heavy atom. The molecule has 2 heterocycles. The Morgan fingerprint density at radius 1 is 1.03 bits per heavy atom. The van der Waals surface area contributed by atoms with E-state index in [9.17, 15) is 9.18 Å². The average Bonchev–Trinajstić information content (AvgIpc) is 3.29. The van der Waals surface area contributed by atoms with E-state index < -0.39 is 0 Å². The fraction of sp³-hybridized carbons (Fsp3) is 0.393. The van der Waals surface area contributed by atoms with Gasteiger partial charge in [-0.1, -0.05) is 31.2 Å². The number of hydrogen-bond donors (Lipinski definition) is 0. The lowest BCUT2D eigenvalue weighted by Crippen LogP contribution is -2.37. The highest BCUT2D eigenvalue weighted by atomic mass is 19.1. The van der Waals surface area contributed by atoms with Crippen molar-refractivity contribution in [1.82, 2.24) is 9.80 Å². The Labute approximate surface area is 201 Å². The monoisotopic (exact) mass is 464 g/mol. The molecule has 0 N–H and O–H groups in total. The van der Waals surface area contributed by atoms with Crippen molar-refractivity contribution in [1.29, 1.82) is 0 Å². The first kappa shape index (κ1) is 24.0. The summed E-state index contributed by atoms with van der Waals surface area (Å²) >= 11 is 0. The molecule has 0 aliphatic carbocycles. The van der Waals surface area contributed by atoms with E-state index in [-0.39, 0.29) is 11.7 Å². The van der Waals surface area contributed by atoms with E-state index in [1.807, 2.05) is 48.2 Å². The summed E-state index contributed by atoms with van der Waals surface area (Å²) in [5, 5.41) is 0. The summed E-state index contributed by atoms with van der Waals surface area (Å²) in [4.78, 5) is 16.9. The third kappa shape index (κ3) is 6.48. The molecule has 1 aromatic heterocycles. The average molecular weight is 465 g/mol. The highest BCUT2D eigenvalue weighted by molar-refractivity contribution is 5.91. The van der Waals surface area contributed by atoms with Crippen LogP contribution in [0.4, 0.5) is 4.39 Å². The fourth-order valence-electron chi connectivity index (χ4n) is 4.34. The van der Waals surface area contributed by atoms with Crippen LogP contribution in [0.2, 0.25) is 0 Å². The largest absolute Gasteiger partial charge is 0.494 e. The van der Waals surface area contributed by atoms with Gasteiger partial charge in [-0.2, -0.15) is 0 Å². The molecule has 4 rings (SSSR count). The normalized spacial score (nSPS) is 14.5. The molecular formula is C28H33FN2O3. The number of carbonyl (C=O) groups excluding carboxylic acids is 1. The molecule has 1 amide bonds. The quantitative estimate of drug-likeness (QED) is 0.396. The molecular weight excluding hydrogens is 431 g/mol. The van der Waals surface area contributed by atoms with Crippen molar-refractivity contribution in [3.05, 3.63) is 89.1 Å². The second kappa shape index (κ2) is 11.3. The van der Waals surface area contributed by atoms with E-state index in [0.29, 0.717) is 37.9 Å². The van der Waals surface area contributed by atoms with Gasteiger partial charge in [0, 0.05) is 26.2 Å². The van der Waals surface area contributed by atoms with Crippen molar-refractivity contribution >= 4 is 5.91 Å². The van der Waals surface area contributed by atoms with Crippen LogP contribution in [-0.2, 0) is 19.6 Å². The van der Waals surface area contributed by atoms with Crippen LogP contribution in [0.1, 0.15) is 54.1 Å². The Hall–Kier alpha value is -3.12. The zero-order valence-corrected chi connectivity index (χ0v) is 20.0. The summed E-state index contributed by atoms with van der Waals surface area (Å²) in [6, 6.07) is 18.3. The van der Waals surface area contributed by atoms with Gasteiger partial charge in [0.1, 0.15) is 17.3 Å². The predicted octanol–water partition coefficient (Wildman–Crippen LogP) is 5.89. The Kier molecular flexibility index (Phi) is 8.01. The molecule has 1 saturated heterocycles. The van der Waals surface area contributed by atoms with Gasteiger partial charge >= 0.3 is 0 Å². The zero-order chi connectivity index (χ0) is 23.9. The number of piperidine rings is 1. The summed E-state index contributed by atoms with van der Waals surface area (Å²) in [5.41, 5.74) is 2.00. The minimum absolute atomic E-state index is 0.0404. The zero-order valence-electron chi connectivity index (χ0n) is 20.0. The molecule has 3 aromatic rings. The highest BCUT2D eigenvalue weighted by Crippen LogP contribution is 2.22. The molecule has 1 fully saturated rings. The van der Waals surface area contributed by atoms with Crippen molar-refractivity contribution in [3.63, 3.8) is 0 Å². The summed E-state index contributed by atoms with van der Waals surface area (Å²) in [6.07, 6.45) is 2.06. The number of benzene rings is 2. The first-order valence-electron chi connectivity index (χ1n) is 12.1. The molecule has 0 bridgehead atoms. The molecule has 0 atom stereocenters. The minimum atomic E-state index is -0.250. The second-order valence-corrected chi connectivity index (χ2v) is 9.09. The number of hydrogen-bond acceptors (Lipinski definition) is 4. The molecule has 1 aliphatic rings. The SMILES string of the molecule is CCOc1ccc(CN(Cc2cccc(F)c2)Cc2ccc(C(=O)N3CCC(C)CC3)o2)cc1. The van der Waals surface area contributed by atoms with Gasteiger partial charge in [0.15, 0.2) is 5.76 Å².